The molecule has 0 unspecified atom stereocenters. The van der Waals surface area contributed by atoms with E-state index in [9.17, 15) is 9.50 Å². The summed E-state index contributed by atoms with van der Waals surface area (Å²) in [6, 6.07) is 13.4. The summed E-state index contributed by atoms with van der Waals surface area (Å²) in [5.74, 6) is 0.743. The molecule has 0 aliphatic heterocycles. The van der Waals surface area contributed by atoms with E-state index in [1.807, 2.05) is 43.3 Å². The first kappa shape index (κ1) is 20.3. The van der Waals surface area contributed by atoms with E-state index in [4.69, 9.17) is 9.97 Å². The third-order valence-electron chi connectivity index (χ3n) is 5.72. The predicted molar refractivity (Wildman–Crippen MR) is 118 cm³/mol. The van der Waals surface area contributed by atoms with E-state index in [-0.39, 0.29) is 5.75 Å². The first-order valence-electron chi connectivity index (χ1n) is 10.4. The van der Waals surface area contributed by atoms with E-state index >= 15 is 0 Å². The Morgan fingerprint density at radius 1 is 1.00 bits per heavy atom. The quantitative estimate of drug-likeness (QED) is 0.570. The summed E-state index contributed by atoms with van der Waals surface area (Å²) in [5.41, 5.74) is 1.53. The van der Waals surface area contributed by atoms with Crippen LogP contribution in [0.2, 0.25) is 0 Å². The largest absolute Gasteiger partial charge is 0.505 e. The molecule has 0 bridgehead atoms. The van der Waals surface area contributed by atoms with Crippen molar-refractivity contribution in [1.29, 1.82) is 0 Å². The average Bonchev–Trinajstić information content (AvgIpc) is 2.75. The standard InChI is InChI=1S/C23H28FN5O/c1-29(2)22-18-7-3-4-9-20(18)27-23(28-22)26-17-12-10-16(11-13-17)25-14-15-6-5-8-19(24)21(15)30/h3-9,16-17,25,30H,10-14H2,1-2H3,(H,26,27,28)/t16-,17+. The fourth-order valence-corrected chi connectivity index (χ4v) is 4.05. The molecular weight excluding hydrogens is 381 g/mol. The van der Waals surface area contributed by atoms with Gasteiger partial charge >= 0.3 is 0 Å². The molecule has 6 nitrogen and oxygen atoms in total. The minimum atomic E-state index is -0.574. The smallest absolute Gasteiger partial charge is 0.225 e. The van der Waals surface area contributed by atoms with Crippen molar-refractivity contribution in [2.45, 2.75) is 44.3 Å². The number of phenols is 1. The molecule has 0 amide bonds. The SMILES string of the molecule is CN(C)c1nc(N[C@H]2CC[C@@H](NCc3cccc(F)c3O)CC2)nc2ccccc12. The molecule has 3 aromatic rings. The molecule has 1 aliphatic carbocycles. The summed E-state index contributed by atoms with van der Waals surface area (Å²) in [6.45, 7) is 0.465. The Bertz CT molecular complexity index is 1020. The molecule has 4 rings (SSSR count). The zero-order valence-corrected chi connectivity index (χ0v) is 17.4. The minimum absolute atomic E-state index is 0.259. The summed E-state index contributed by atoms with van der Waals surface area (Å²) in [5, 5.41) is 17.8. The van der Waals surface area contributed by atoms with Gasteiger partial charge in [-0.25, -0.2) is 9.37 Å². The van der Waals surface area contributed by atoms with Crippen LogP contribution in [0.4, 0.5) is 16.2 Å². The first-order valence-corrected chi connectivity index (χ1v) is 10.4. The van der Waals surface area contributed by atoms with Crippen LogP contribution < -0.4 is 15.5 Å². The fourth-order valence-electron chi connectivity index (χ4n) is 4.05. The summed E-state index contributed by atoms with van der Waals surface area (Å²) in [6.07, 6.45) is 4.00. The Labute approximate surface area is 176 Å². The van der Waals surface area contributed by atoms with Crippen LogP contribution in [0.25, 0.3) is 10.9 Å². The Balaban J connectivity index is 1.35. The third-order valence-corrected chi connectivity index (χ3v) is 5.72. The Morgan fingerprint density at radius 3 is 2.50 bits per heavy atom. The zero-order chi connectivity index (χ0) is 21.1. The molecule has 1 heterocycles. The molecule has 0 atom stereocenters. The third kappa shape index (κ3) is 4.46. The molecule has 0 spiro atoms. The molecule has 2 aromatic carbocycles. The van der Waals surface area contributed by atoms with Gasteiger partial charge in [-0.1, -0.05) is 24.3 Å². The molecule has 158 valence electrons. The van der Waals surface area contributed by atoms with Crippen molar-refractivity contribution in [3.63, 3.8) is 0 Å². The van der Waals surface area contributed by atoms with Gasteiger partial charge in [0.1, 0.15) is 5.82 Å². The van der Waals surface area contributed by atoms with Crippen molar-refractivity contribution in [1.82, 2.24) is 15.3 Å². The zero-order valence-electron chi connectivity index (χ0n) is 17.4. The monoisotopic (exact) mass is 409 g/mol. The number of rotatable bonds is 6. The van der Waals surface area contributed by atoms with Crippen LogP contribution in [0.5, 0.6) is 5.75 Å². The molecule has 1 saturated carbocycles. The molecule has 0 radical (unpaired) electrons. The molecule has 30 heavy (non-hydrogen) atoms. The highest BCUT2D eigenvalue weighted by Gasteiger charge is 2.22. The molecule has 7 heteroatoms. The van der Waals surface area contributed by atoms with Gasteiger partial charge in [0.25, 0.3) is 0 Å². The maximum absolute atomic E-state index is 13.5. The second kappa shape index (κ2) is 8.83. The van der Waals surface area contributed by atoms with E-state index in [1.54, 1.807) is 12.1 Å². The Hall–Kier alpha value is -2.93. The number of fused-ring (bicyclic) bond motifs is 1. The lowest BCUT2D eigenvalue weighted by molar-refractivity contribution is 0.348. The van der Waals surface area contributed by atoms with Crippen LogP contribution >= 0.6 is 0 Å². The first-order chi connectivity index (χ1) is 14.5. The average molecular weight is 410 g/mol. The van der Waals surface area contributed by atoms with E-state index in [0.717, 1.165) is 42.4 Å². The van der Waals surface area contributed by atoms with Crippen molar-refractivity contribution in [3.8, 4) is 5.75 Å². The Kier molecular flexibility index (Phi) is 5.99. The van der Waals surface area contributed by atoms with Crippen LogP contribution in [0.1, 0.15) is 31.2 Å². The lowest BCUT2D eigenvalue weighted by Crippen LogP contribution is -2.37. The number of aromatic nitrogens is 2. The number of hydrogen-bond donors (Lipinski definition) is 3. The van der Waals surface area contributed by atoms with Crippen LogP contribution in [0, 0.1) is 5.82 Å². The number of para-hydroxylation sites is 2. The maximum Gasteiger partial charge on any atom is 0.225 e. The molecular formula is C23H28FN5O. The summed E-state index contributed by atoms with van der Waals surface area (Å²) >= 11 is 0. The highest BCUT2D eigenvalue weighted by molar-refractivity contribution is 5.90. The second-order valence-corrected chi connectivity index (χ2v) is 8.10. The van der Waals surface area contributed by atoms with Gasteiger partial charge < -0.3 is 20.6 Å². The number of phenolic OH excluding ortho intramolecular Hbond substituents is 1. The summed E-state index contributed by atoms with van der Waals surface area (Å²) in [7, 11) is 3.98. The van der Waals surface area contributed by atoms with Gasteiger partial charge in [-0.2, -0.15) is 4.98 Å². The fraction of sp³-hybridized carbons (Fsp3) is 0.391. The second-order valence-electron chi connectivity index (χ2n) is 8.10. The van der Waals surface area contributed by atoms with Gasteiger partial charge in [0, 0.05) is 43.7 Å². The van der Waals surface area contributed by atoms with Gasteiger partial charge in [-0.15, -0.1) is 0 Å². The maximum atomic E-state index is 13.5. The molecule has 1 aliphatic rings. The predicted octanol–water partition coefficient (Wildman–Crippen LogP) is 4.05. The van der Waals surface area contributed by atoms with E-state index in [2.05, 4.69) is 10.6 Å². The van der Waals surface area contributed by atoms with Gasteiger partial charge in [0.15, 0.2) is 11.6 Å². The van der Waals surface area contributed by atoms with Crippen molar-refractivity contribution < 1.29 is 9.50 Å². The van der Waals surface area contributed by atoms with Gasteiger partial charge in [-0.3, -0.25) is 0 Å². The number of anilines is 2. The van der Waals surface area contributed by atoms with Gasteiger partial charge in [-0.05, 0) is 43.9 Å². The van der Waals surface area contributed by atoms with Crippen molar-refractivity contribution in [3.05, 3.63) is 53.8 Å². The molecule has 1 fully saturated rings. The number of nitrogens with one attached hydrogen (secondary N) is 2. The molecule has 3 N–H and O–H groups in total. The number of hydrogen-bond acceptors (Lipinski definition) is 6. The van der Waals surface area contributed by atoms with Crippen LogP contribution in [-0.2, 0) is 6.54 Å². The van der Waals surface area contributed by atoms with Crippen LogP contribution in [0.3, 0.4) is 0 Å². The molecule has 0 saturated heterocycles. The number of halogens is 1. The summed E-state index contributed by atoms with van der Waals surface area (Å²) < 4.78 is 13.5. The van der Waals surface area contributed by atoms with Gasteiger partial charge in [0.05, 0.1) is 5.52 Å². The van der Waals surface area contributed by atoms with Crippen LogP contribution in [0.15, 0.2) is 42.5 Å². The van der Waals surface area contributed by atoms with Crippen molar-refractivity contribution in [2.75, 3.05) is 24.3 Å². The van der Waals surface area contributed by atoms with Crippen molar-refractivity contribution in [2.24, 2.45) is 0 Å². The van der Waals surface area contributed by atoms with Gasteiger partial charge in [0.2, 0.25) is 5.95 Å². The lowest BCUT2D eigenvalue weighted by atomic mass is 9.91. The number of benzene rings is 2. The minimum Gasteiger partial charge on any atom is -0.505 e. The van der Waals surface area contributed by atoms with Crippen LogP contribution in [-0.4, -0.2) is 41.3 Å². The normalized spacial score (nSPS) is 19.0. The highest BCUT2D eigenvalue weighted by atomic mass is 19.1. The highest BCUT2D eigenvalue weighted by Crippen LogP contribution is 2.27. The Morgan fingerprint density at radius 2 is 1.73 bits per heavy atom. The summed E-state index contributed by atoms with van der Waals surface area (Å²) in [4.78, 5) is 11.4. The van der Waals surface area contributed by atoms with E-state index in [0.29, 0.717) is 30.1 Å². The van der Waals surface area contributed by atoms with E-state index in [1.165, 1.54) is 6.07 Å². The lowest BCUT2D eigenvalue weighted by Gasteiger charge is -2.30. The van der Waals surface area contributed by atoms with Crippen molar-refractivity contribution >= 4 is 22.7 Å². The number of nitrogens with zero attached hydrogens (tertiary/aromatic N) is 3. The topological polar surface area (TPSA) is 73.3 Å². The number of aromatic hydroxyl groups is 1. The van der Waals surface area contributed by atoms with E-state index < -0.39 is 5.82 Å². The molecule has 1 aromatic heterocycles.